The smallest absolute Gasteiger partial charge is 0.308 e. The Kier molecular flexibility index (Phi) is 3.99. The maximum Gasteiger partial charge on any atom is 0.308 e. The number of hydrogen-bond acceptors (Lipinski definition) is 4. The minimum atomic E-state index is -0.854. The van der Waals surface area contributed by atoms with E-state index in [0.29, 0.717) is 0 Å². The molecule has 6 heteroatoms. The van der Waals surface area contributed by atoms with Gasteiger partial charge in [0, 0.05) is 7.11 Å². The molecule has 0 aromatic rings. The first-order valence-corrected chi connectivity index (χ1v) is 4.19. The summed E-state index contributed by atoms with van der Waals surface area (Å²) >= 11 is 0. The Labute approximate surface area is 85.6 Å². The van der Waals surface area contributed by atoms with E-state index in [4.69, 9.17) is 4.74 Å². The molecule has 0 radical (unpaired) electrons. The Hall–Kier alpha value is -1.69. The van der Waals surface area contributed by atoms with Crippen molar-refractivity contribution < 1.29 is 18.8 Å². The predicted molar refractivity (Wildman–Crippen MR) is 49.9 cm³/mol. The van der Waals surface area contributed by atoms with Crippen LogP contribution in [0, 0.1) is 10.1 Å². The van der Waals surface area contributed by atoms with Crippen LogP contribution in [-0.2, 0) is 9.47 Å². The molecule has 0 fully saturated rings. The molecule has 82 valence electrons. The van der Waals surface area contributed by atoms with Gasteiger partial charge in [0.25, 0.3) is 0 Å². The van der Waals surface area contributed by atoms with Crippen molar-refractivity contribution >= 4 is 0 Å². The number of nitrogens with zero attached hydrogens (tertiary/aromatic N) is 1. The van der Waals surface area contributed by atoms with E-state index in [-0.39, 0.29) is 19.0 Å². The van der Waals surface area contributed by atoms with E-state index in [1.807, 2.05) is 0 Å². The SMILES string of the molecule is COCOC1=CCC=C(F)C([N+](=O)[O-])=C1. The molecular weight excluding hydrogens is 205 g/mol. The van der Waals surface area contributed by atoms with Gasteiger partial charge < -0.3 is 9.47 Å². The van der Waals surface area contributed by atoms with Crippen molar-refractivity contribution in [2.45, 2.75) is 6.42 Å². The van der Waals surface area contributed by atoms with E-state index >= 15 is 0 Å². The van der Waals surface area contributed by atoms with Gasteiger partial charge in [-0.25, -0.2) is 0 Å². The van der Waals surface area contributed by atoms with Gasteiger partial charge in [0.2, 0.25) is 0 Å². The highest BCUT2D eigenvalue weighted by atomic mass is 19.1. The molecule has 0 N–H and O–H groups in total. The quantitative estimate of drug-likeness (QED) is 0.408. The van der Waals surface area contributed by atoms with Gasteiger partial charge >= 0.3 is 5.70 Å². The van der Waals surface area contributed by atoms with Crippen molar-refractivity contribution in [1.29, 1.82) is 0 Å². The average molecular weight is 215 g/mol. The number of halogens is 1. The van der Waals surface area contributed by atoms with Crippen LogP contribution in [0.25, 0.3) is 0 Å². The molecule has 0 bridgehead atoms. The van der Waals surface area contributed by atoms with Crippen molar-refractivity contribution in [3.05, 3.63) is 45.6 Å². The zero-order valence-electron chi connectivity index (χ0n) is 8.10. The van der Waals surface area contributed by atoms with Crippen LogP contribution in [0.4, 0.5) is 4.39 Å². The van der Waals surface area contributed by atoms with Gasteiger partial charge in [-0.2, -0.15) is 4.39 Å². The lowest BCUT2D eigenvalue weighted by Gasteiger charge is -2.03. The molecule has 0 aromatic heterocycles. The standard InChI is InChI=1S/C9H10FNO4/c1-14-6-15-7-3-2-4-8(10)9(5-7)11(12)13/h3-5H,2,6H2,1H3. The molecule has 0 aliphatic heterocycles. The highest BCUT2D eigenvalue weighted by Crippen LogP contribution is 2.20. The molecule has 0 amide bonds. The van der Waals surface area contributed by atoms with E-state index in [2.05, 4.69) is 4.74 Å². The summed E-state index contributed by atoms with van der Waals surface area (Å²) in [5.74, 6) is -0.625. The summed E-state index contributed by atoms with van der Waals surface area (Å²) < 4.78 is 22.7. The van der Waals surface area contributed by atoms with Gasteiger partial charge in [-0.1, -0.05) is 0 Å². The Balaban J connectivity index is 2.85. The number of allylic oxidation sites excluding steroid dienone is 4. The lowest BCUT2D eigenvalue weighted by Crippen LogP contribution is -2.01. The van der Waals surface area contributed by atoms with Crippen LogP contribution in [0.2, 0.25) is 0 Å². The summed E-state index contributed by atoms with van der Waals surface area (Å²) in [5, 5.41) is 10.5. The van der Waals surface area contributed by atoms with E-state index in [9.17, 15) is 14.5 Å². The molecule has 5 nitrogen and oxygen atoms in total. The Morgan fingerprint density at radius 1 is 1.60 bits per heavy atom. The molecule has 1 aliphatic rings. The van der Waals surface area contributed by atoms with Crippen molar-refractivity contribution in [1.82, 2.24) is 0 Å². The predicted octanol–water partition coefficient (Wildman–Crippen LogP) is 1.91. The van der Waals surface area contributed by atoms with Crippen molar-refractivity contribution in [2.75, 3.05) is 13.9 Å². The fraction of sp³-hybridized carbons (Fsp3) is 0.333. The number of methoxy groups -OCH3 is 1. The molecular formula is C9H10FNO4. The van der Waals surface area contributed by atoms with E-state index < -0.39 is 16.4 Å². The van der Waals surface area contributed by atoms with Gasteiger partial charge in [0.1, 0.15) is 5.76 Å². The van der Waals surface area contributed by atoms with E-state index in [1.165, 1.54) is 13.2 Å². The third-order valence-electron chi connectivity index (χ3n) is 1.68. The van der Waals surface area contributed by atoms with E-state index in [1.54, 1.807) is 0 Å². The highest BCUT2D eigenvalue weighted by Gasteiger charge is 2.20. The van der Waals surface area contributed by atoms with Crippen molar-refractivity contribution in [2.24, 2.45) is 0 Å². The fourth-order valence-corrected chi connectivity index (χ4v) is 1.01. The molecule has 0 spiro atoms. The van der Waals surface area contributed by atoms with Crippen LogP contribution in [-0.4, -0.2) is 18.8 Å². The summed E-state index contributed by atoms with van der Waals surface area (Å²) in [7, 11) is 1.42. The van der Waals surface area contributed by atoms with Crippen LogP contribution < -0.4 is 0 Å². The summed E-state index contributed by atoms with van der Waals surface area (Å²) in [4.78, 5) is 9.69. The third-order valence-corrected chi connectivity index (χ3v) is 1.68. The van der Waals surface area contributed by atoms with Gasteiger partial charge in [0.15, 0.2) is 12.6 Å². The second-order valence-electron chi connectivity index (χ2n) is 2.73. The summed E-state index contributed by atoms with van der Waals surface area (Å²) in [6.45, 7) is -0.0328. The summed E-state index contributed by atoms with van der Waals surface area (Å²) in [5.41, 5.74) is -0.602. The highest BCUT2D eigenvalue weighted by molar-refractivity contribution is 5.30. The summed E-state index contributed by atoms with van der Waals surface area (Å²) in [6.07, 6.45) is 3.95. The molecule has 1 rings (SSSR count). The number of nitro groups is 1. The molecule has 1 aliphatic carbocycles. The maximum atomic E-state index is 13.1. The first-order chi connectivity index (χ1) is 7.15. The molecule has 0 unspecified atom stereocenters. The van der Waals surface area contributed by atoms with Crippen molar-refractivity contribution in [3.8, 4) is 0 Å². The topological polar surface area (TPSA) is 61.6 Å². The lowest BCUT2D eigenvalue weighted by molar-refractivity contribution is -0.422. The molecule has 0 saturated carbocycles. The minimum Gasteiger partial charge on any atom is -0.468 e. The second-order valence-corrected chi connectivity index (χ2v) is 2.73. The first-order valence-electron chi connectivity index (χ1n) is 4.19. The Morgan fingerprint density at radius 2 is 2.33 bits per heavy atom. The van der Waals surface area contributed by atoms with Crippen molar-refractivity contribution in [3.63, 3.8) is 0 Å². The minimum absolute atomic E-state index is 0.0328. The monoisotopic (exact) mass is 215 g/mol. The van der Waals surface area contributed by atoms with Crippen LogP contribution >= 0.6 is 0 Å². The number of hydrogen-bond donors (Lipinski definition) is 0. The lowest BCUT2D eigenvalue weighted by atomic mass is 10.3. The second kappa shape index (κ2) is 5.26. The fourth-order valence-electron chi connectivity index (χ4n) is 1.01. The van der Waals surface area contributed by atoms with Crippen LogP contribution in [0.15, 0.2) is 35.5 Å². The van der Waals surface area contributed by atoms with Crippen LogP contribution in [0.3, 0.4) is 0 Å². The van der Waals surface area contributed by atoms with E-state index in [0.717, 1.165) is 12.2 Å². The van der Waals surface area contributed by atoms with Gasteiger partial charge in [-0.05, 0) is 18.6 Å². The summed E-state index contributed by atoms with van der Waals surface area (Å²) in [6, 6.07) is 0. The molecule has 0 aromatic carbocycles. The van der Waals surface area contributed by atoms with Crippen LogP contribution in [0.5, 0.6) is 0 Å². The Bertz CT molecular complexity index is 346. The third kappa shape index (κ3) is 3.17. The zero-order valence-corrected chi connectivity index (χ0v) is 8.10. The maximum absolute atomic E-state index is 13.1. The molecule has 0 heterocycles. The van der Waals surface area contributed by atoms with Crippen LogP contribution in [0.1, 0.15) is 6.42 Å². The number of rotatable bonds is 4. The number of ether oxygens (including phenoxy) is 2. The average Bonchev–Trinajstić information content (AvgIpc) is 2.37. The molecule has 0 saturated heterocycles. The zero-order chi connectivity index (χ0) is 11.3. The normalized spacial score (nSPS) is 16.0. The Morgan fingerprint density at radius 3 is 2.93 bits per heavy atom. The first kappa shape index (κ1) is 11.4. The molecule has 0 atom stereocenters. The van der Waals surface area contributed by atoms with Gasteiger partial charge in [-0.3, -0.25) is 10.1 Å². The molecule has 15 heavy (non-hydrogen) atoms. The van der Waals surface area contributed by atoms with Gasteiger partial charge in [0.05, 0.1) is 11.0 Å². The van der Waals surface area contributed by atoms with Gasteiger partial charge in [-0.15, -0.1) is 0 Å². The largest absolute Gasteiger partial charge is 0.468 e.